The van der Waals surface area contributed by atoms with E-state index >= 15 is 0 Å². The summed E-state index contributed by atoms with van der Waals surface area (Å²) in [6, 6.07) is 0. The third-order valence-electron chi connectivity index (χ3n) is 10.9. The molecule has 4 atom stereocenters. The quantitative estimate of drug-likeness (QED) is 0.0902. The van der Waals surface area contributed by atoms with Gasteiger partial charge in [0.1, 0.15) is 0 Å². The molecule has 0 aromatic heterocycles. The Morgan fingerprint density at radius 2 is 0.541 bits per heavy atom. The third kappa shape index (κ3) is 18.1. The van der Waals surface area contributed by atoms with Crippen LogP contribution < -0.4 is 0 Å². The summed E-state index contributed by atoms with van der Waals surface area (Å²) in [5, 5.41) is 0. The van der Waals surface area contributed by atoms with E-state index in [1.807, 2.05) is 0 Å². The zero-order chi connectivity index (χ0) is 27.8. The van der Waals surface area contributed by atoms with E-state index in [9.17, 15) is 0 Å². The Morgan fingerprint density at radius 1 is 0.324 bits per heavy atom. The van der Waals surface area contributed by atoms with Crippen molar-refractivity contribution in [3.05, 3.63) is 0 Å². The first-order chi connectivity index (χ1) is 18.0. The van der Waals surface area contributed by atoms with Gasteiger partial charge in [0.15, 0.2) is 0 Å². The molecule has 224 valence electrons. The van der Waals surface area contributed by atoms with E-state index in [1.54, 1.807) is 25.3 Å². The van der Waals surface area contributed by atoms with Gasteiger partial charge in [0.25, 0.3) is 0 Å². The highest BCUT2D eigenvalue weighted by Crippen LogP contribution is 2.40. The molecule has 0 aromatic carbocycles. The Hall–Kier alpha value is 0.0649. The molecule has 37 heavy (non-hydrogen) atoms. The van der Waals surface area contributed by atoms with E-state index < -0.39 is 0 Å². The lowest BCUT2D eigenvalue weighted by atomic mass is 9.16. The average molecular weight is 520 g/mol. The highest BCUT2D eigenvalue weighted by molar-refractivity contribution is 6.79. The third-order valence-corrected chi connectivity index (χ3v) is 10.9. The monoisotopic (exact) mass is 520 g/mol. The maximum atomic E-state index is 2.47. The number of hydrogen-bond acceptors (Lipinski definition) is 0. The highest BCUT2D eigenvalue weighted by atomic mass is 14.2. The Kier molecular flexibility index (Phi) is 25.1. The molecule has 0 N–H and O–H groups in total. The molecule has 0 bridgehead atoms. The summed E-state index contributed by atoms with van der Waals surface area (Å²) >= 11 is 0. The predicted octanol–water partition coefficient (Wildman–Crippen LogP) is 13.9. The summed E-state index contributed by atoms with van der Waals surface area (Å²) in [4.78, 5) is 0. The van der Waals surface area contributed by atoms with Gasteiger partial charge < -0.3 is 0 Å². The highest BCUT2D eigenvalue weighted by Gasteiger charge is 2.28. The van der Waals surface area contributed by atoms with Crippen LogP contribution in [-0.4, -0.2) is 6.15 Å². The van der Waals surface area contributed by atoms with Crippen molar-refractivity contribution in [2.24, 2.45) is 23.7 Å². The maximum Gasteiger partial charge on any atom is 0.000797 e. The Bertz CT molecular complexity index is 372. The van der Waals surface area contributed by atoms with Crippen LogP contribution in [0.15, 0.2) is 0 Å². The summed E-state index contributed by atoms with van der Waals surface area (Å²) in [5.74, 6) is 3.92. The Morgan fingerprint density at radius 3 is 0.703 bits per heavy atom. The molecule has 0 rings (SSSR count). The predicted molar refractivity (Wildman–Crippen MR) is 177 cm³/mol. The average Bonchev–Trinajstić information content (AvgIpc) is 2.93. The first-order valence-corrected chi connectivity index (χ1v) is 18.2. The van der Waals surface area contributed by atoms with Gasteiger partial charge in [0.2, 0.25) is 0 Å². The van der Waals surface area contributed by atoms with Crippen molar-refractivity contribution >= 4 is 6.15 Å². The molecule has 0 aromatic rings. The van der Waals surface area contributed by atoms with Crippen molar-refractivity contribution in [3.63, 3.8) is 0 Å². The van der Waals surface area contributed by atoms with Crippen LogP contribution in [0.25, 0.3) is 0 Å². The molecule has 0 spiro atoms. The van der Waals surface area contributed by atoms with Crippen molar-refractivity contribution in [1.82, 2.24) is 0 Å². The van der Waals surface area contributed by atoms with Gasteiger partial charge in [-0.3, -0.25) is 0 Å². The molecule has 0 nitrogen and oxygen atoms in total. The fourth-order valence-corrected chi connectivity index (χ4v) is 7.40. The normalized spacial score (nSPS) is 16.9. The molecule has 0 saturated heterocycles. The van der Waals surface area contributed by atoms with E-state index in [0.717, 1.165) is 23.7 Å². The van der Waals surface area contributed by atoms with E-state index in [0.29, 0.717) is 0 Å². The van der Waals surface area contributed by atoms with E-state index in [4.69, 9.17) is 0 Å². The van der Waals surface area contributed by atoms with Crippen LogP contribution in [0.3, 0.4) is 0 Å². The van der Waals surface area contributed by atoms with Crippen molar-refractivity contribution in [2.45, 2.75) is 209 Å². The molecule has 0 saturated carbocycles. The SMILES string of the molecule is CCCCC(CC)CC[B-](CCC(CC)CCCC)(CCC(CC)CCCC)CCC(CC)CCCC. The second kappa shape index (κ2) is 25.1. The van der Waals surface area contributed by atoms with Gasteiger partial charge in [-0.15, -0.1) is 0 Å². The first-order valence-electron chi connectivity index (χ1n) is 18.2. The van der Waals surface area contributed by atoms with Gasteiger partial charge in [-0.05, 0) is 23.7 Å². The number of unbranched alkanes of at least 4 members (excludes halogenated alkanes) is 4. The van der Waals surface area contributed by atoms with Gasteiger partial charge in [0.05, 0.1) is 0 Å². The summed E-state index contributed by atoms with van der Waals surface area (Å²) in [5.41, 5.74) is 0. The van der Waals surface area contributed by atoms with Crippen molar-refractivity contribution in [1.29, 1.82) is 0 Å². The summed E-state index contributed by atoms with van der Waals surface area (Å²) < 4.78 is 0. The minimum absolute atomic E-state index is 0.236. The standard InChI is InChI=1S/C36H76B/c1-9-17-21-33(13-5)25-29-37(30-26-34(14-6)22-18-10-2,31-27-35(15-7)23-19-11-3)32-28-36(16-8)24-20-12-4/h33-36H,9-32H2,1-8H3/q-1. The number of rotatable bonds is 28. The van der Waals surface area contributed by atoms with Gasteiger partial charge >= 0.3 is 0 Å². The van der Waals surface area contributed by atoms with Crippen LogP contribution in [0, 0.1) is 23.7 Å². The molecule has 0 aliphatic heterocycles. The molecule has 0 heterocycles. The fraction of sp³-hybridized carbons (Fsp3) is 1.00. The van der Waals surface area contributed by atoms with Crippen LogP contribution in [-0.2, 0) is 0 Å². The van der Waals surface area contributed by atoms with Crippen LogP contribution in [0.4, 0.5) is 0 Å². The van der Waals surface area contributed by atoms with Crippen LogP contribution >= 0.6 is 0 Å². The second-order valence-electron chi connectivity index (χ2n) is 13.7. The van der Waals surface area contributed by atoms with Gasteiger partial charge in [-0.2, -0.15) is 25.3 Å². The largest absolute Gasteiger partial charge is 0.178 e. The molecule has 0 fully saturated rings. The summed E-state index contributed by atoms with van der Waals surface area (Å²) in [6.45, 7) is 19.4. The van der Waals surface area contributed by atoms with Gasteiger partial charge in [-0.1, -0.05) is 184 Å². The lowest BCUT2D eigenvalue weighted by Crippen LogP contribution is -2.36. The van der Waals surface area contributed by atoms with Crippen molar-refractivity contribution < 1.29 is 0 Å². The second-order valence-corrected chi connectivity index (χ2v) is 13.7. The fourth-order valence-electron chi connectivity index (χ4n) is 7.40. The Balaban J connectivity index is 5.79. The van der Waals surface area contributed by atoms with Gasteiger partial charge in [0, 0.05) is 6.15 Å². The lowest BCUT2D eigenvalue weighted by molar-refractivity contribution is 0.412. The summed E-state index contributed by atoms with van der Waals surface area (Å²) in [7, 11) is 0. The van der Waals surface area contributed by atoms with E-state index in [2.05, 4.69) is 55.4 Å². The Labute approximate surface area is 238 Å². The van der Waals surface area contributed by atoms with Crippen molar-refractivity contribution in [3.8, 4) is 0 Å². The smallest absolute Gasteiger partial charge is 0.000797 e. The molecule has 4 unspecified atom stereocenters. The zero-order valence-electron chi connectivity index (χ0n) is 27.9. The van der Waals surface area contributed by atoms with E-state index in [-0.39, 0.29) is 6.15 Å². The minimum Gasteiger partial charge on any atom is -0.178 e. The topological polar surface area (TPSA) is 0 Å². The maximum absolute atomic E-state index is 2.47. The zero-order valence-corrected chi connectivity index (χ0v) is 27.9. The molecular formula is C36H76B-. The van der Waals surface area contributed by atoms with Crippen LogP contribution in [0.5, 0.6) is 0 Å². The minimum atomic E-state index is -0.236. The molecule has 0 aliphatic rings. The molecular weight excluding hydrogens is 443 g/mol. The molecule has 0 radical (unpaired) electrons. The van der Waals surface area contributed by atoms with Gasteiger partial charge in [-0.25, -0.2) is 0 Å². The summed E-state index contributed by atoms with van der Waals surface area (Å²) in [6.07, 6.45) is 35.0. The first kappa shape index (κ1) is 37.1. The molecule has 0 aliphatic carbocycles. The van der Waals surface area contributed by atoms with Crippen LogP contribution in [0.2, 0.25) is 25.3 Å². The molecule has 0 amide bonds. The van der Waals surface area contributed by atoms with Crippen molar-refractivity contribution in [2.75, 3.05) is 0 Å². The molecule has 1 heteroatoms. The lowest BCUT2D eigenvalue weighted by Gasteiger charge is -2.44. The van der Waals surface area contributed by atoms with Crippen LogP contribution in [0.1, 0.15) is 184 Å². The van der Waals surface area contributed by atoms with E-state index in [1.165, 1.54) is 128 Å². The number of hydrogen-bond donors (Lipinski definition) is 0.